The molecule has 0 amide bonds. The van der Waals surface area contributed by atoms with Gasteiger partial charge in [-0.2, -0.15) is 5.26 Å². The largest absolute Gasteiger partial charge is 0.309 e. The van der Waals surface area contributed by atoms with E-state index >= 15 is 0 Å². The molecule has 2 heterocycles. The highest BCUT2D eigenvalue weighted by Crippen LogP contribution is 2.40. The molecule has 0 spiro atoms. The Kier molecular flexibility index (Phi) is 8.52. The van der Waals surface area contributed by atoms with Crippen LogP contribution in [0.15, 0.2) is 206 Å². The lowest BCUT2D eigenvalue weighted by Gasteiger charge is -2.15. The molecule has 10 aromatic rings. The molecule has 4 heteroatoms. The van der Waals surface area contributed by atoms with Gasteiger partial charge in [-0.25, -0.2) is 9.97 Å². The third kappa shape index (κ3) is 6.44. The molecule has 0 aliphatic heterocycles. The van der Waals surface area contributed by atoms with Gasteiger partial charge in [-0.05, 0) is 81.9 Å². The minimum atomic E-state index is 0.621. The van der Waals surface area contributed by atoms with Gasteiger partial charge in [-0.3, -0.25) is 0 Å². The smallest absolute Gasteiger partial charge is 0.160 e. The summed E-state index contributed by atoms with van der Waals surface area (Å²) in [5.41, 5.74) is 15.1. The Morgan fingerprint density at radius 2 is 0.789 bits per heavy atom. The fourth-order valence-electron chi connectivity index (χ4n) is 7.78. The Hall–Kier alpha value is -7.87. The topological polar surface area (TPSA) is 54.5 Å². The molecule has 0 fully saturated rings. The highest BCUT2D eigenvalue weighted by molar-refractivity contribution is 6.11. The van der Waals surface area contributed by atoms with E-state index in [2.05, 4.69) is 156 Å². The van der Waals surface area contributed by atoms with E-state index < -0.39 is 0 Å². The monoisotopic (exact) mass is 726 g/mol. The van der Waals surface area contributed by atoms with Crippen LogP contribution in [-0.4, -0.2) is 14.5 Å². The number of aromatic nitrogens is 3. The molecular formula is C53H34N4. The van der Waals surface area contributed by atoms with Crippen molar-refractivity contribution in [1.82, 2.24) is 14.5 Å². The van der Waals surface area contributed by atoms with E-state index in [1.54, 1.807) is 0 Å². The highest BCUT2D eigenvalue weighted by Gasteiger charge is 2.18. The molecule has 10 rings (SSSR count). The molecule has 0 saturated carbocycles. The molecule has 0 atom stereocenters. The number of hydrogen-bond acceptors (Lipinski definition) is 3. The van der Waals surface area contributed by atoms with E-state index in [4.69, 9.17) is 9.97 Å². The summed E-state index contributed by atoms with van der Waals surface area (Å²) in [4.78, 5) is 10.3. The van der Waals surface area contributed by atoms with E-state index in [-0.39, 0.29) is 0 Å². The van der Waals surface area contributed by atoms with Crippen molar-refractivity contribution in [1.29, 1.82) is 5.26 Å². The van der Waals surface area contributed by atoms with Gasteiger partial charge in [0.15, 0.2) is 5.82 Å². The molecule has 0 radical (unpaired) electrons. The quantitative estimate of drug-likeness (QED) is 0.164. The average molecular weight is 727 g/mol. The van der Waals surface area contributed by atoms with Crippen molar-refractivity contribution in [3.05, 3.63) is 212 Å². The molecule has 2 aromatic heterocycles. The second-order valence-electron chi connectivity index (χ2n) is 14.2. The summed E-state index contributed by atoms with van der Waals surface area (Å²) in [7, 11) is 0. The average Bonchev–Trinajstić information content (AvgIpc) is 3.63. The molecule has 4 nitrogen and oxygen atoms in total. The van der Waals surface area contributed by atoms with Crippen molar-refractivity contribution in [2.45, 2.75) is 0 Å². The van der Waals surface area contributed by atoms with Crippen LogP contribution in [0.3, 0.4) is 0 Å². The van der Waals surface area contributed by atoms with Crippen LogP contribution in [0.25, 0.3) is 94.8 Å². The zero-order chi connectivity index (χ0) is 38.1. The van der Waals surface area contributed by atoms with Crippen molar-refractivity contribution in [2.24, 2.45) is 0 Å². The van der Waals surface area contributed by atoms with Gasteiger partial charge < -0.3 is 4.57 Å². The highest BCUT2D eigenvalue weighted by atomic mass is 15.0. The number of fused-ring (bicyclic) bond motifs is 3. The Bertz CT molecular complexity index is 2940. The first-order chi connectivity index (χ1) is 28.2. The van der Waals surface area contributed by atoms with Crippen molar-refractivity contribution in [2.75, 3.05) is 0 Å². The van der Waals surface area contributed by atoms with Gasteiger partial charge in [0, 0.05) is 33.2 Å². The first-order valence-corrected chi connectivity index (χ1v) is 19.0. The zero-order valence-corrected chi connectivity index (χ0v) is 30.9. The lowest BCUT2D eigenvalue weighted by Crippen LogP contribution is -1.99. The fraction of sp³-hybridized carbons (Fsp3) is 0. The number of benzene rings is 8. The maximum Gasteiger partial charge on any atom is 0.160 e. The molecule has 57 heavy (non-hydrogen) atoms. The van der Waals surface area contributed by atoms with Gasteiger partial charge in [0.1, 0.15) is 0 Å². The Labute approximate surface area is 331 Å². The van der Waals surface area contributed by atoms with E-state index in [1.165, 1.54) is 10.8 Å². The fourth-order valence-corrected chi connectivity index (χ4v) is 7.78. The van der Waals surface area contributed by atoms with Crippen LogP contribution in [-0.2, 0) is 0 Å². The summed E-state index contributed by atoms with van der Waals surface area (Å²) in [6, 6.07) is 74.0. The Balaban J connectivity index is 1.27. The van der Waals surface area contributed by atoms with Crippen LogP contribution in [0.2, 0.25) is 0 Å². The minimum absolute atomic E-state index is 0.621. The molecule has 0 aliphatic rings. The van der Waals surface area contributed by atoms with Crippen LogP contribution in [0.4, 0.5) is 0 Å². The van der Waals surface area contributed by atoms with Crippen molar-refractivity contribution >= 4 is 21.8 Å². The lowest BCUT2D eigenvalue weighted by atomic mass is 9.98. The molecule has 0 unspecified atom stereocenters. The number of nitrogens with zero attached hydrogens (tertiary/aromatic N) is 4. The molecule has 0 saturated heterocycles. The van der Waals surface area contributed by atoms with Crippen molar-refractivity contribution in [3.63, 3.8) is 0 Å². The summed E-state index contributed by atoms with van der Waals surface area (Å²) in [5.74, 6) is 0.661. The van der Waals surface area contributed by atoms with Crippen molar-refractivity contribution in [3.8, 4) is 79.0 Å². The van der Waals surface area contributed by atoms with Gasteiger partial charge in [0.05, 0.1) is 34.1 Å². The van der Waals surface area contributed by atoms with Gasteiger partial charge in [0.25, 0.3) is 0 Å². The molecule has 0 bridgehead atoms. The van der Waals surface area contributed by atoms with Crippen LogP contribution < -0.4 is 0 Å². The van der Waals surface area contributed by atoms with Gasteiger partial charge in [0.2, 0.25) is 0 Å². The van der Waals surface area contributed by atoms with Crippen LogP contribution in [0.1, 0.15) is 5.56 Å². The van der Waals surface area contributed by atoms with Gasteiger partial charge in [-0.15, -0.1) is 0 Å². The van der Waals surface area contributed by atoms with Gasteiger partial charge >= 0.3 is 0 Å². The summed E-state index contributed by atoms with van der Waals surface area (Å²) in [6.07, 6.45) is 0. The summed E-state index contributed by atoms with van der Waals surface area (Å²) >= 11 is 0. The molecule has 0 N–H and O–H groups in total. The zero-order valence-electron chi connectivity index (χ0n) is 30.9. The Morgan fingerprint density at radius 3 is 1.32 bits per heavy atom. The summed E-state index contributed by atoms with van der Waals surface area (Å²) in [6.45, 7) is 0. The lowest BCUT2D eigenvalue weighted by molar-refractivity contribution is 1.16. The molecular weight excluding hydrogens is 693 g/mol. The van der Waals surface area contributed by atoms with E-state index in [1.807, 2.05) is 60.7 Å². The van der Waals surface area contributed by atoms with Crippen molar-refractivity contribution < 1.29 is 0 Å². The minimum Gasteiger partial charge on any atom is -0.309 e. The molecule has 0 aliphatic carbocycles. The van der Waals surface area contributed by atoms with E-state index in [0.29, 0.717) is 11.4 Å². The maximum absolute atomic E-state index is 9.64. The second kappa shape index (κ2) is 14.4. The second-order valence-corrected chi connectivity index (χ2v) is 14.2. The third-order valence-electron chi connectivity index (χ3n) is 10.6. The standard InChI is InChI=1S/C53H34N4/c54-35-36-21-23-39(24-22-36)44-29-45(50-34-49(40-17-9-3-10-18-40)55-53(56-50)41-19-11-4-12-20-41)31-46(30-44)57-51-32-42(37-13-5-1-6-14-37)25-27-47(51)48-28-26-43(33-52(48)57)38-15-7-2-8-16-38/h1-34H. The van der Waals surface area contributed by atoms with E-state index in [9.17, 15) is 5.26 Å². The third-order valence-corrected chi connectivity index (χ3v) is 10.6. The number of hydrogen-bond donors (Lipinski definition) is 0. The Morgan fingerprint density at radius 1 is 0.351 bits per heavy atom. The van der Waals surface area contributed by atoms with Crippen LogP contribution in [0.5, 0.6) is 0 Å². The predicted octanol–water partition coefficient (Wildman–Crippen LogP) is 13.4. The normalized spacial score (nSPS) is 11.1. The molecule has 266 valence electrons. The molecule has 8 aromatic carbocycles. The van der Waals surface area contributed by atoms with E-state index in [0.717, 1.165) is 78.2 Å². The first-order valence-electron chi connectivity index (χ1n) is 19.0. The summed E-state index contributed by atoms with van der Waals surface area (Å²) < 4.78 is 2.40. The predicted molar refractivity (Wildman–Crippen MR) is 234 cm³/mol. The number of rotatable bonds is 7. The van der Waals surface area contributed by atoms with Crippen LogP contribution >= 0.6 is 0 Å². The summed E-state index contributed by atoms with van der Waals surface area (Å²) in [5, 5.41) is 12.0. The van der Waals surface area contributed by atoms with Crippen LogP contribution in [0, 0.1) is 11.3 Å². The first kappa shape index (κ1) is 33.7. The maximum atomic E-state index is 9.64. The van der Waals surface area contributed by atoms with Gasteiger partial charge in [-0.1, -0.05) is 158 Å². The SMILES string of the molecule is N#Cc1ccc(-c2cc(-c3cc(-c4ccccc4)nc(-c4ccccc4)n3)cc(-n3c4cc(-c5ccccc5)ccc4c4ccc(-c5ccccc5)cc43)c2)cc1. The number of nitriles is 1.